The van der Waals surface area contributed by atoms with E-state index in [4.69, 9.17) is 9.47 Å². The summed E-state index contributed by atoms with van der Waals surface area (Å²) in [4.78, 5) is 37.6. The van der Waals surface area contributed by atoms with E-state index in [1.807, 2.05) is 0 Å². The summed E-state index contributed by atoms with van der Waals surface area (Å²) in [6.45, 7) is 1.33. The highest BCUT2D eigenvalue weighted by Crippen LogP contribution is 2.28. The van der Waals surface area contributed by atoms with Crippen LogP contribution in [-0.2, 0) is 24.3 Å². The van der Waals surface area contributed by atoms with Crippen LogP contribution >= 0.6 is 0 Å². The molecule has 2 N–H and O–H groups in total. The molecular formula is C23H25N3O7S. The Kier molecular flexibility index (Phi) is 7.69. The van der Waals surface area contributed by atoms with Crippen molar-refractivity contribution in [3.8, 4) is 0 Å². The second kappa shape index (κ2) is 10.5. The molecule has 2 aromatic carbocycles. The highest BCUT2D eigenvalue weighted by atomic mass is 32.2. The zero-order valence-corrected chi connectivity index (χ0v) is 19.7. The minimum atomic E-state index is -3.75. The number of esters is 2. The lowest BCUT2D eigenvalue weighted by Gasteiger charge is -2.29. The first-order valence-electron chi connectivity index (χ1n) is 10.4. The van der Waals surface area contributed by atoms with Gasteiger partial charge in [-0.05, 0) is 30.7 Å². The predicted octanol–water partition coefficient (Wildman–Crippen LogP) is 1.96. The minimum absolute atomic E-state index is 0.00100. The first-order chi connectivity index (χ1) is 16.1. The third kappa shape index (κ3) is 5.43. The molecule has 0 radical (unpaired) electrons. The van der Waals surface area contributed by atoms with E-state index in [1.54, 1.807) is 37.3 Å². The monoisotopic (exact) mass is 487 g/mol. The van der Waals surface area contributed by atoms with Crippen molar-refractivity contribution >= 4 is 28.0 Å². The number of nitrogens with zero attached hydrogens (tertiary/aromatic N) is 1. The summed E-state index contributed by atoms with van der Waals surface area (Å²) in [6.07, 6.45) is 0. The summed E-state index contributed by atoms with van der Waals surface area (Å²) in [7, 11) is -0.987. The number of carbonyl (C=O) groups is 3. The third-order valence-corrected chi connectivity index (χ3v) is 6.79. The maximum Gasteiger partial charge on any atom is 0.338 e. The van der Waals surface area contributed by atoms with E-state index >= 15 is 0 Å². The molecule has 0 unspecified atom stereocenters. The molecule has 0 spiro atoms. The first kappa shape index (κ1) is 24.9. The molecule has 0 saturated carbocycles. The molecule has 2 aromatic rings. The molecule has 3 rings (SSSR count). The summed E-state index contributed by atoms with van der Waals surface area (Å²) in [6, 6.07) is 12.8. The van der Waals surface area contributed by atoms with Crippen LogP contribution in [0.15, 0.2) is 70.8 Å². The van der Waals surface area contributed by atoms with Crippen LogP contribution in [0.3, 0.4) is 0 Å². The summed E-state index contributed by atoms with van der Waals surface area (Å²) in [5, 5.41) is 5.20. The molecule has 1 heterocycles. The topological polar surface area (TPSA) is 131 Å². The summed E-state index contributed by atoms with van der Waals surface area (Å²) in [5.74, 6) is -1.50. The van der Waals surface area contributed by atoms with Gasteiger partial charge in [0.05, 0.1) is 34.4 Å². The standard InChI is InChI=1S/C23H25N3O7S/c1-4-32-22(28)19-18(24-23(29)25-20(19)15-9-6-5-7-10-15)14-33-21(27)16-11-8-12-17(13-16)34(30,31)26(2)3/h5-13,20H,4,14H2,1-3H3,(H2,24,25,29)/t20-/m0/s1. The van der Waals surface area contributed by atoms with Crippen molar-refractivity contribution in [3.05, 3.63) is 77.0 Å². The Balaban J connectivity index is 1.90. The van der Waals surface area contributed by atoms with Gasteiger partial charge in [0.25, 0.3) is 0 Å². The fourth-order valence-electron chi connectivity index (χ4n) is 3.29. The number of urea groups is 1. The Morgan fingerprint density at radius 3 is 2.35 bits per heavy atom. The average Bonchev–Trinajstić information content (AvgIpc) is 2.82. The smallest absolute Gasteiger partial charge is 0.338 e. The molecule has 0 saturated heterocycles. The van der Waals surface area contributed by atoms with Crippen molar-refractivity contribution in [1.82, 2.24) is 14.9 Å². The van der Waals surface area contributed by atoms with Gasteiger partial charge in [0.1, 0.15) is 6.61 Å². The molecule has 0 aromatic heterocycles. The van der Waals surface area contributed by atoms with E-state index in [9.17, 15) is 22.8 Å². The van der Waals surface area contributed by atoms with Crippen molar-refractivity contribution in [3.63, 3.8) is 0 Å². The third-order valence-electron chi connectivity index (χ3n) is 4.98. The number of hydrogen-bond acceptors (Lipinski definition) is 7. The van der Waals surface area contributed by atoms with Crippen molar-refractivity contribution < 1.29 is 32.3 Å². The molecule has 1 atom stereocenters. The number of amides is 2. The lowest BCUT2D eigenvalue weighted by Crippen LogP contribution is -2.47. The Morgan fingerprint density at radius 2 is 1.71 bits per heavy atom. The van der Waals surface area contributed by atoms with Crippen LogP contribution in [0, 0.1) is 0 Å². The van der Waals surface area contributed by atoms with E-state index in [1.165, 1.54) is 38.4 Å². The summed E-state index contributed by atoms with van der Waals surface area (Å²) in [5.41, 5.74) is 0.817. The Morgan fingerprint density at radius 1 is 1.00 bits per heavy atom. The first-order valence-corrected chi connectivity index (χ1v) is 11.8. The van der Waals surface area contributed by atoms with E-state index in [-0.39, 0.29) is 28.3 Å². The number of nitrogens with one attached hydrogen (secondary N) is 2. The molecule has 1 aliphatic heterocycles. The molecule has 0 aliphatic carbocycles. The molecule has 0 bridgehead atoms. The minimum Gasteiger partial charge on any atom is -0.463 e. The Bertz CT molecular complexity index is 1220. The lowest BCUT2D eigenvalue weighted by atomic mass is 9.95. The van der Waals surface area contributed by atoms with E-state index < -0.39 is 40.6 Å². The van der Waals surface area contributed by atoms with E-state index in [0.717, 1.165) is 4.31 Å². The van der Waals surface area contributed by atoms with Gasteiger partial charge in [-0.15, -0.1) is 0 Å². The maximum atomic E-state index is 12.7. The zero-order valence-electron chi connectivity index (χ0n) is 18.9. The van der Waals surface area contributed by atoms with Crippen LogP contribution in [0.4, 0.5) is 4.79 Å². The normalized spacial score (nSPS) is 16.0. The summed E-state index contributed by atoms with van der Waals surface area (Å²) < 4.78 is 36.2. The maximum absolute atomic E-state index is 12.7. The SMILES string of the molecule is CCOC(=O)C1=C(COC(=O)c2cccc(S(=O)(=O)N(C)C)c2)NC(=O)N[C@H]1c1ccccc1. The van der Waals surface area contributed by atoms with Gasteiger partial charge in [0, 0.05) is 14.1 Å². The lowest BCUT2D eigenvalue weighted by molar-refractivity contribution is -0.139. The number of rotatable bonds is 8. The van der Waals surface area contributed by atoms with Gasteiger partial charge in [-0.2, -0.15) is 0 Å². The quantitative estimate of drug-likeness (QED) is 0.544. The molecule has 1 aliphatic rings. The number of carbonyl (C=O) groups excluding carboxylic acids is 3. The Hall–Kier alpha value is -3.70. The van der Waals surface area contributed by atoms with Crippen molar-refractivity contribution in [2.45, 2.75) is 17.9 Å². The predicted molar refractivity (Wildman–Crippen MR) is 122 cm³/mol. The number of benzene rings is 2. The van der Waals surface area contributed by atoms with Crippen LogP contribution in [0.25, 0.3) is 0 Å². The van der Waals surface area contributed by atoms with E-state index in [2.05, 4.69) is 10.6 Å². The molecule has 0 fully saturated rings. The molecule has 180 valence electrons. The molecule has 34 heavy (non-hydrogen) atoms. The van der Waals surface area contributed by atoms with Crippen LogP contribution in [0.5, 0.6) is 0 Å². The van der Waals surface area contributed by atoms with Crippen LogP contribution in [-0.4, -0.2) is 58.0 Å². The second-order valence-electron chi connectivity index (χ2n) is 7.45. The van der Waals surface area contributed by atoms with E-state index in [0.29, 0.717) is 5.56 Å². The second-order valence-corrected chi connectivity index (χ2v) is 9.60. The molecule has 2 amide bonds. The Labute approximate surface area is 197 Å². The van der Waals surface area contributed by atoms with Gasteiger partial charge in [-0.3, -0.25) is 0 Å². The van der Waals surface area contributed by atoms with Gasteiger partial charge in [-0.1, -0.05) is 36.4 Å². The molecule has 11 heteroatoms. The number of hydrogen-bond donors (Lipinski definition) is 2. The molecular weight excluding hydrogens is 462 g/mol. The number of ether oxygens (including phenoxy) is 2. The van der Waals surface area contributed by atoms with Gasteiger partial charge in [0.2, 0.25) is 10.0 Å². The fraction of sp³-hybridized carbons (Fsp3) is 0.261. The van der Waals surface area contributed by atoms with Gasteiger partial charge >= 0.3 is 18.0 Å². The average molecular weight is 488 g/mol. The van der Waals surface area contributed by atoms with Crippen molar-refractivity contribution in [2.24, 2.45) is 0 Å². The van der Waals surface area contributed by atoms with Gasteiger partial charge in [0.15, 0.2) is 0 Å². The van der Waals surface area contributed by atoms with Gasteiger partial charge < -0.3 is 20.1 Å². The van der Waals surface area contributed by atoms with Crippen LogP contribution in [0.2, 0.25) is 0 Å². The van der Waals surface area contributed by atoms with Crippen molar-refractivity contribution in [1.29, 1.82) is 0 Å². The number of sulfonamides is 1. The van der Waals surface area contributed by atoms with Crippen molar-refractivity contribution in [2.75, 3.05) is 27.3 Å². The van der Waals surface area contributed by atoms with Gasteiger partial charge in [-0.25, -0.2) is 27.1 Å². The highest BCUT2D eigenvalue weighted by molar-refractivity contribution is 7.89. The summed E-state index contributed by atoms with van der Waals surface area (Å²) >= 11 is 0. The zero-order chi connectivity index (χ0) is 24.9. The molecule has 10 nitrogen and oxygen atoms in total. The van der Waals surface area contributed by atoms with Crippen LogP contribution < -0.4 is 10.6 Å². The van der Waals surface area contributed by atoms with Crippen LogP contribution in [0.1, 0.15) is 28.9 Å². The highest BCUT2D eigenvalue weighted by Gasteiger charge is 2.34. The largest absolute Gasteiger partial charge is 0.463 e. The fourth-order valence-corrected chi connectivity index (χ4v) is 4.24.